The molecule has 0 aliphatic heterocycles. The lowest BCUT2D eigenvalue weighted by molar-refractivity contribution is -0.114. The fourth-order valence-electron chi connectivity index (χ4n) is 1.000. The normalized spacial score (nSPS) is 9.73. The Hall–Kier alpha value is -2.05. The molecule has 0 aliphatic carbocycles. The SMILES string of the molecule is CCOC(=O)c1[nH]c(N)nc1NC(C)=O. The largest absolute Gasteiger partial charge is 0.461 e. The molecule has 15 heavy (non-hydrogen) atoms. The van der Waals surface area contributed by atoms with E-state index in [1.54, 1.807) is 6.92 Å². The van der Waals surface area contributed by atoms with Crippen molar-refractivity contribution in [3.8, 4) is 0 Å². The number of carbonyl (C=O) groups excluding carboxylic acids is 2. The Bertz CT molecular complexity index is 385. The van der Waals surface area contributed by atoms with Crippen LogP contribution in [0.2, 0.25) is 0 Å². The number of nitrogen functional groups attached to an aromatic ring is 1. The van der Waals surface area contributed by atoms with Crippen molar-refractivity contribution < 1.29 is 14.3 Å². The Morgan fingerprint density at radius 3 is 2.80 bits per heavy atom. The average Bonchev–Trinajstić information content (AvgIpc) is 2.46. The van der Waals surface area contributed by atoms with Crippen LogP contribution in [0.25, 0.3) is 0 Å². The van der Waals surface area contributed by atoms with E-state index in [4.69, 9.17) is 10.5 Å². The van der Waals surface area contributed by atoms with Crippen LogP contribution < -0.4 is 11.1 Å². The number of aromatic amines is 1. The number of rotatable bonds is 3. The quantitative estimate of drug-likeness (QED) is 0.616. The van der Waals surface area contributed by atoms with E-state index in [1.165, 1.54) is 6.92 Å². The number of anilines is 2. The molecule has 0 unspecified atom stereocenters. The van der Waals surface area contributed by atoms with E-state index in [2.05, 4.69) is 15.3 Å². The number of hydrogen-bond acceptors (Lipinski definition) is 5. The number of esters is 1. The summed E-state index contributed by atoms with van der Waals surface area (Å²) in [4.78, 5) is 28.4. The van der Waals surface area contributed by atoms with Crippen LogP contribution >= 0.6 is 0 Å². The molecule has 1 aromatic heterocycles. The van der Waals surface area contributed by atoms with Crippen molar-refractivity contribution >= 4 is 23.6 Å². The van der Waals surface area contributed by atoms with Gasteiger partial charge in [-0.05, 0) is 6.92 Å². The first-order valence-electron chi connectivity index (χ1n) is 4.34. The summed E-state index contributed by atoms with van der Waals surface area (Å²) in [5.74, 6) is -0.822. The fraction of sp³-hybridized carbons (Fsp3) is 0.375. The number of amides is 1. The number of nitrogens with one attached hydrogen (secondary N) is 2. The molecule has 0 fully saturated rings. The molecule has 0 aliphatic rings. The summed E-state index contributed by atoms with van der Waals surface area (Å²) in [5, 5.41) is 2.37. The molecule has 0 aromatic carbocycles. The molecule has 0 atom stereocenters. The number of nitrogens with zero attached hydrogens (tertiary/aromatic N) is 1. The van der Waals surface area contributed by atoms with E-state index in [9.17, 15) is 9.59 Å². The summed E-state index contributed by atoms with van der Waals surface area (Å²) in [6, 6.07) is 0. The Kier molecular flexibility index (Phi) is 3.27. The number of H-pyrrole nitrogens is 1. The summed E-state index contributed by atoms with van der Waals surface area (Å²) < 4.78 is 4.75. The van der Waals surface area contributed by atoms with Crippen molar-refractivity contribution in [2.24, 2.45) is 0 Å². The maximum absolute atomic E-state index is 11.4. The number of carbonyl (C=O) groups is 2. The zero-order valence-electron chi connectivity index (χ0n) is 8.46. The van der Waals surface area contributed by atoms with Crippen LogP contribution in [0.4, 0.5) is 11.8 Å². The van der Waals surface area contributed by atoms with Crippen LogP contribution in [-0.2, 0) is 9.53 Å². The highest BCUT2D eigenvalue weighted by atomic mass is 16.5. The van der Waals surface area contributed by atoms with Gasteiger partial charge in [0.2, 0.25) is 5.91 Å². The van der Waals surface area contributed by atoms with E-state index in [0.29, 0.717) is 0 Å². The predicted molar refractivity (Wildman–Crippen MR) is 53.3 cm³/mol. The van der Waals surface area contributed by atoms with Crippen molar-refractivity contribution in [1.82, 2.24) is 9.97 Å². The molecule has 0 saturated heterocycles. The third kappa shape index (κ3) is 2.70. The molecule has 7 heteroatoms. The lowest BCUT2D eigenvalue weighted by Crippen LogP contribution is -2.12. The highest BCUT2D eigenvalue weighted by Crippen LogP contribution is 2.14. The first-order valence-corrected chi connectivity index (χ1v) is 4.34. The minimum Gasteiger partial charge on any atom is -0.461 e. The molecule has 4 N–H and O–H groups in total. The van der Waals surface area contributed by atoms with Gasteiger partial charge >= 0.3 is 5.97 Å². The smallest absolute Gasteiger partial charge is 0.358 e. The maximum Gasteiger partial charge on any atom is 0.358 e. The van der Waals surface area contributed by atoms with Crippen molar-refractivity contribution in [3.63, 3.8) is 0 Å². The molecule has 1 rings (SSSR count). The minimum absolute atomic E-state index is 0.0433. The molecule has 0 radical (unpaired) electrons. The second kappa shape index (κ2) is 4.45. The lowest BCUT2D eigenvalue weighted by atomic mass is 10.4. The minimum atomic E-state index is -0.606. The standard InChI is InChI=1S/C8H12N4O3/c1-3-15-7(14)5-6(10-4(2)13)12-8(9)11-5/h3H2,1-2H3,(H,10,13)(H3,9,11,12). The van der Waals surface area contributed by atoms with E-state index in [-0.39, 0.29) is 30.0 Å². The van der Waals surface area contributed by atoms with Gasteiger partial charge in [-0.3, -0.25) is 4.79 Å². The van der Waals surface area contributed by atoms with Gasteiger partial charge in [0, 0.05) is 6.92 Å². The molecule has 1 heterocycles. The molecule has 0 saturated carbocycles. The zero-order chi connectivity index (χ0) is 11.4. The molecular weight excluding hydrogens is 200 g/mol. The van der Waals surface area contributed by atoms with Crippen LogP contribution in [0.15, 0.2) is 0 Å². The van der Waals surface area contributed by atoms with Gasteiger partial charge < -0.3 is 20.8 Å². The van der Waals surface area contributed by atoms with Gasteiger partial charge in [0.05, 0.1) is 6.61 Å². The number of aromatic nitrogens is 2. The van der Waals surface area contributed by atoms with Crippen LogP contribution in [0.5, 0.6) is 0 Å². The second-order valence-electron chi connectivity index (χ2n) is 2.75. The Balaban J connectivity index is 2.95. The summed E-state index contributed by atoms with van der Waals surface area (Å²) in [5.41, 5.74) is 5.41. The van der Waals surface area contributed by atoms with Gasteiger partial charge in [0.15, 0.2) is 17.5 Å². The average molecular weight is 212 g/mol. The number of imidazole rings is 1. The van der Waals surface area contributed by atoms with Gasteiger partial charge in [-0.25, -0.2) is 4.79 Å². The monoisotopic (exact) mass is 212 g/mol. The first kappa shape index (κ1) is 11.0. The van der Waals surface area contributed by atoms with E-state index >= 15 is 0 Å². The molecule has 1 amide bonds. The van der Waals surface area contributed by atoms with Crippen LogP contribution in [0.1, 0.15) is 24.3 Å². The van der Waals surface area contributed by atoms with E-state index < -0.39 is 5.97 Å². The Morgan fingerprint density at radius 2 is 2.27 bits per heavy atom. The Labute approximate surface area is 86.0 Å². The van der Waals surface area contributed by atoms with E-state index in [0.717, 1.165) is 0 Å². The molecule has 0 spiro atoms. The van der Waals surface area contributed by atoms with Gasteiger partial charge in [-0.15, -0.1) is 0 Å². The summed E-state index contributed by atoms with van der Waals surface area (Å²) in [6.45, 7) is 3.22. The van der Waals surface area contributed by atoms with Gasteiger partial charge in [-0.2, -0.15) is 4.98 Å². The van der Waals surface area contributed by atoms with Crippen molar-refractivity contribution in [1.29, 1.82) is 0 Å². The lowest BCUT2D eigenvalue weighted by Gasteiger charge is -2.01. The van der Waals surface area contributed by atoms with Gasteiger partial charge in [0.25, 0.3) is 0 Å². The maximum atomic E-state index is 11.4. The third-order valence-electron chi connectivity index (χ3n) is 1.50. The van der Waals surface area contributed by atoms with E-state index in [1.807, 2.05) is 0 Å². The molecule has 0 bridgehead atoms. The highest BCUT2D eigenvalue weighted by molar-refractivity contribution is 5.98. The topological polar surface area (TPSA) is 110 Å². The number of nitrogens with two attached hydrogens (primary N) is 1. The highest BCUT2D eigenvalue weighted by Gasteiger charge is 2.18. The summed E-state index contributed by atoms with van der Waals surface area (Å²) >= 11 is 0. The van der Waals surface area contributed by atoms with Crippen molar-refractivity contribution in [2.45, 2.75) is 13.8 Å². The van der Waals surface area contributed by atoms with Crippen LogP contribution in [0.3, 0.4) is 0 Å². The molecular formula is C8H12N4O3. The van der Waals surface area contributed by atoms with Crippen molar-refractivity contribution in [2.75, 3.05) is 17.7 Å². The third-order valence-corrected chi connectivity index (χ3v) is 1.50. The predicted octanol–water partition coefficient (Wildman–Crippen LogP) is 0.127. The number of hydrogen-bond donors (Lipinski definition) is 3. The zero-order valence-corrected chi connectivity index (χ0v) is 8.46. The first-order chi connectivity index (χ1) is 7.04. The summed E-state index contributed by atoms with van der Waals surface area (Å²) in [7, 11) is 0. The fourth-order valence-corrected chi connectivity index (χ4v) is 1.000. The van der Waals surface area contributed by atoms with Crippen LogP contribution in [-0.4, -0.2) is 28.5 Å². The van der Waals surface area contributed by atoms with Crippen molar-refractivity contribution in [3.05, 3.63) is 5.69 Å². The Morgan fingerprint density at radius 1 is 1.60 bits per heavy atom. The van der Waals surface area contributed by atoms with Crippen LogP contribution in [0, 0.1) is 0 Å². The number of ether oxygens (including phenoxy) is 1. The summed E-state index contributed by atoms with van der Waals surface area (Å²) in [6.07, 6.45) is 0. The molecule has 82 valence electrons. The second-order valence-corrected chi connectivity index (χ2v) is 2.75. The van der Waals surface area contributed by atoms with Gasteiger partial charge in [0.1, 0.15) is 0 Å². The van der Waals surface area contributed by atoms with Gasteiger partial charge in [-0.1, -0.05) is 0 Å². The molecule has 1 aromatic rings. The molecule has 7 nitrogen and oxygen atoms in total.